The van der Waals surface area contributed by atoms with Crippen molar-refractivity contribution in [3.8, 4) is 5.75 Å². The Kier molecular flexibility index (Phi) is 8.24. The van der Waals surface area contributed by atoms with Gasteiger partial charge in [0.15, 0.2) is 6.10 Å². The number of benzene rings is 1. The topological polar surface area (TPSA) is 131 Å². The summed E-state index contributed by atoms with van der Waals surface area (Å²) >= 11 is 0. The Bertz CT molecular complexity index is 939. The standard InChI is InChI=1S/C21H31N3O7S/c1-14(18(25)22-20(27)23-21(2,3)4)31-19(26)15-7-6-12-24(13-15)32(28,29)17-10-8-16(30-5)9-11-17/h8-11,14-15H,6-7,12-13H2,1-5H3,(H2,22,23,25,27). The highest BCUT2D eigenvalue weighted by atomic mass is 32.2. The Morgan fingerprint density at radius 3 is 2.34 bits per heavy atom. The number of methoxy groups -OCH3 is 1. The smallest absolute Gasteiger partial charge is 0.321 e. The van der Waals surface area contributed by atoms with Crippen molar-refractivity contribution in [2.45, 2.75) is 57.1 Å². The lowest BCUT2D eigenvalue weighted by molar-refractivity contribution is -0.159. The van der Waals surface area contributed by atoms with Crippen LogP contribution in [0.2, 0.25) is 0 Å². The second-order valence-electron chi connectivity index (χ2n) is 8.65. The summed E-state index contributed by atoms with van der Waals surface area (Å²) in [5.74, 6) is -1.62. The summed E-state index contributed by atoms with van der Waals surface area (Å²) < 4.78 is 37.4. The summed E-state index contributed by atoms with van der Waals surface area (Å²) in [4.78, 5) is 36.7. The monoisotopic (exact) mass is 469 g/mol. The van der Waals surface area contributed by atoms with Crippen LogP contribution in [-0.2, 0) is 24.3 Å². The molecule has 32 heavy (non-hydrogen) atoms. The molecule has 1 aliphatic heterocycles. The average Bonchev–Trinajstić information content (AvgIpc) is 2.72. The number of imide groups is 1. The second-order valence-corrected chi connectivity index (χ2v) is 10.6. The molecule has 2 rings (SSSR count). The molecule has 1 saturated heterocycles. The van der Waals surface area contributed by atoms with E-state index in [1.807, 2.05) is 0 Å². The summed E-state index contributed by atoms with van der Waals surface area (Å²) in [6.45, 7) is 6.86. The van der Waals surface area contributed by atoms with Crippen LogP contribution in [0.3, 0.4) is 0 Å². The minimum absolute atomic E-state index is 0.0496. The quantitative estimate of drug-likeness (QED) is 0.606. The highest BCUT2D eigenvalue weighted by Gasteiger charge is 2.35. The van der Waals surface area contributed by atoms with E-state index >= 15 is 0 Å². The molecule has 1 aromatic carbocycles. The lowest BCUT2D eigenvalue weighted by atomic mass is 10.00. The van der Waals surface area contributed by atoms with Crippen LogP contribution < -0.4 is 15.4 Å². The molecule has 10 nitrogen and oxygen atoms in total. The summed E-state index contributed by atoms with van der Waals surface area (Å²) in [6.07, 6.45) is -0.294. The van der Waals surface area contributed by atoms with Crippen molar-refractivity contribution in [3.05, 3.63) is 24.3 Å². The third-order valence-corrected chi connectivity index (χ3v) is 6.68. The van der Waals surface area contributed by atoms with Crippen molar-refractivity contribution >= 4 is 27.9 Å². The number of hydrogen-bond donors (Lipinski definition) is 2. The Balaban J connectivity index is 1.97. The average molecular weight is 470 g/mol. The predicted octanol–water partition coefficient (Wildman–Crippen LogP) is 1.65. The van der Waals surface area contributed by atoms with Gasteiger partial charge in [0.05, 0.1) is 17.9 Å². The van der Waals surface area contributed by atoms with E-state index < -0.39 is 45.5 Å². The number of carbonyl (C=O) groups excluding carboxylic acids is 3. The van der Waals surface area contributed by atoms with Crippen LogP contribution in [0.4, 0.5) is 4.79 Å². The maximum atomic E-state index is 12.9. The molecule has 0 saturated carbocycles. The van der Waals surface area contributed by atoms with Crippen molar-refractivity contribution in [1.82, 2.24) is 14.9 Å². The lowest BCUT2D eigenvalue weighted by Crippen LogP contribution is -2.51. The molecule has 0 aliphatic carbocycles. The minimum atomic E-state index is -3.79. The molecule has 2 N–H and O–H groups in total. The van der Waals surface area contributed by atoms with Gasteiger partial charge in [-0.2, -0.15) is 4.31 Å². The van der Waals surface area contributed by atoms with E-state index in [1.165, 1.54) is 30.5 Å². The van der Waals surface area contributed by atoms with Gasteiger partial charge in [-0.1, -0.05) is 0 Å². The third-order valence-electron chi connectivity index (χ3n) is 4.80. The molecular weight excluding hydrogens is 438 g/mol. The van der Waals surface area contributed by atoms with E-state index in [9.17, 15) is 22.8 Å². The first kappa shape index (κ1) is 25.6. The fourth-order valence-corrected chi connectivity index (χ4v) is 4.68. The number of esters is 1. The molecule has 1 heterocycles. The molecule has 178 valence electrons. The van der Waals surface area contributed by atoms with Gasteiger partial charge in [-0.3, -0.25) is 14.9 Å². The first-order valence-electron chi connectivity index (χ1n) is 10.3. The number of carbonyl (C=O) groups is 3. The molecule has 0 radical (unpaired) electrons. The Hall–Kier alpha value is -2.66. The van der Waals surface area contributed by atoms with Gasteiger partial charge in [0.25, 0.3) is 5.91 Å². The fourth-order valence-electron chi connectivity index (χ4n) is 3.16. The zero-order valence-electron chi connectivity index (χ0n) is 19.0. The molecule has 0 spiro atoms. The van der Waals surface area contributed by atoms with Gasteiger partial charge in [0.1, 0.15) is 5.75 Å². The van der Waals surface area contributed by atoms with E-state index in [2.05, 4.69) is 10.6 Å². The molecular formula is C21H31N3O7S. The van der Waals surface area contributed by atoms with Gasteiger partial charge < -0.3 is 14.8 Å². The highest BCUT2D eigenvalue weighted by molar-refractivity contribution is 7.89. The van der Waals surface area contributed by atoms with Crippen molar-refractivity contribution < 1.29 is 32.3 Å². The van der Waals surface area contributed by atoms with Gasteiger partial charge in [-0.15, -0.1) is 0 Å². The number of nitrogens with zero attached hydrogens (tertiary/aromatic N) is 1. The van der Waals surface area contributed by atoms with Gasteiger partial charge in [0, 0.05) is 18.6 Å². The number of ether oxygens (including phenoxy) is 2. The van der Waals surface area contributed by atoms with E-state index in [0.29, 0.717) is 18.6 Å². The van der Waals surface area contributed by atoms with Gasteiger partial charge in [-0.25, -0.2) is 13.2 Å². The van der Waals surface area contributed by atoms with Crippen molar-refractivity contribution in [2.24, 2.45) is 5.92 Å². The summed E-state index contributed by atoms with van der Waals surface area (Å²) in [6, 6.07) is 5.31. The SMILES string of the molecule is COc1ccc(S(=O)(=O)N2CCCC(C(=O)OC(C)C(=O)NC(=O)NC(C)(C)C)C2)cc1. The van der Waals surface area contributed by atoms with E-state index in [0.717, 1.165) is 0 Å². The number of sulfonamides is 1. The van der Waals surface area contributed by atoms with Crippen LogP contribution in [0.1, 0.15) is 40.5 Å². The molecule has 2 atom stereocenters. The highest BCUT2D eigenvalue weighted by Crippen LogP contribution is 2.26. The van der Waals surface area contributed by atoms with Crippen molar-refractivity contribution in [3.63, 3.8) is 0 Å². The summed E-state index contributed by atoms with van der Waals surface area (Å²) in [5.41, 5.74) is -0.536. The number of piperidine rings is 1. The first-order valence-corrected chi connectivity index (χ1v) is 11.7. The molecule has 11 heteroatoms. The van der Waals surface area contributed by atoms with E-state index in [-0.39, 0.29) is 18.0 Å². The first-order chi connectivity index (χ1) is 14.8. The van der Waals surface area contributed by atoms with Crippen molar-refractivity contribution in [2.75, 3.05) is 20.2 Å². The minimum Gasteiger partial charge on any atom is -0.497 e. The maximum Gasteiger partial charge on any atom is 0.321 e. The predicted molar refractivity (Wildman–Crippen MR) is 116 cm³/mol. The zero-order chi connectivity index (χ0) is 24.1. The second kappa shape index (κ2) is 10.3. The number of rotatable bonds is 6. The molecule has 3 amide bonds. The zero-order valence-corrected chi connectivity index (χ0v) is 19.8. The van der Waals surface area contributed by atoms with Crippen LogP contribution in [-0.4, -0.2) is 62.5 Å². The normalized spacial score (nSPS) is 18.3. The lowest BCUT2D eigenvalue weighted by Gasteiger charge is -2.31. The molecule has 0 bridgehead atoms. The number of amides is 3. The number of hydrogen-bond acceptors (Lipinski definition) is 7. The third kappa shape index (κ3) is 6.92. The van der Waals surface area contributed by atoms with Crippen LogP contribution in [0, 0.1) is 5.92 Å². The van der Waals surface area contributed by atoms with Crippen LogP contribution in [0.15, 0.2) is 29.2 Å². The van der Waals surface area contributed by atoms with Crippen molar-refractivity contribution in [1.29, 1.82) is 0 Å². The summed E-state index contributed by atoms with van der Waals surface area (Å²) in [5, 5.41) is 4.70. The van der Waals surface area contributed by atoms with Crippen LogP contribution >= 0.6 is 0 Å². The van der Waals surface area contributed by atoms with E-state index in [1.54, 1.807) is 32.9 Å². The number of nitrogens with one attached hydrogen (secondary N) is 2. The molecule has 1 aliphatic rings. The molecule has 0 aromatic heterocycles. The van der Waals surface area contributed by atoms with Gasteiger partial charge >= 0.3 is 12.0 Å². The number of urea groups is 1. The van der Waals surface area contributed by atoms with E-state index in [4.69, 9.17) is 9.47 Å². The van der Waals surface area contributed by atoms with Gasteiger partial charge in [-0.05, 0) is 64.8 Å². The van der Waals surface area contributed by atoms with Gasteiger partial charge in [0.2, 0.25) is 10.0 Å². The summed E-state index contributed by atoms with van der Waals surface area (Å²) in [7, 11) is -2.31. The Labute approximate surface area is 188 Å². The fraction of sp³-hybridized carbons (Fsp3) is 0.571. The maximum absolute atomic E-state index is 12.9. The van der Waals surface area contributed by atoms with Crippen LogP contribution in [0.5, 0.6) is 5.75 Å². The Morgan fingerprint density at radius 1 is 1.16 bits per heavy atom. The molecule has 1 fully saturated rings. The van der Waals surface area contributed by atoms with Crippen LogP contribution in [0.25, 0.3) is 0 Å². The largest absolute Gasteiger partial charge is 0.497 e. The Morgan fingerprint density at radius 2 is 1.78 bits per heavy atom. The molecule has 1 aromatic rings. The molecule has 2 unspecified atom stereocenters.